The summed E-state index contributed by atoms with van der Waals surface area (Å²) in [5.41, 5.74) is 0.935. The third kappa shape index (κ3) is 6.13. The standard InChI is InChI=1S/C13H15F3NO2/c1-10(3-2-8-17-9-18)11-4-6-12(7-5-11)19-13(14,15)16/h4-7,10H,2-3,8H2,1H3,(H,17,18). The van der Waals surface area contributed by atoms with Crippen LogP contribution in [-0.2, 0) is 4.79 Å². The normalized spacial score (nSPS) is 12.8. The maximum atomic E-state index is 12.0. The molecule has 1 aromatic carbocycles. The first-order chi connectivity index (χ1) is 8.92. The van der Waals surface area contributed by atoms with Crippen LogP contribution in [0.15, 0.2) is 24.3 Å². The minimum absolute atomic E-state index is 0.202. The SMILES string of the molecule is CC(CCCN[C]=O)c1ccc(OC(F)(F)F)cc1. The lowest BCUT2D eigenvalue weighted by molar-refractivity contribution is -0.274. The number of benzene rings is 1. The Morgan fingerprint density at radius 1 is 1.32 bits per heavy atom. The van der Waals surface area contributed by atoms with Gasteiger partial charge in [0, 0.05) is 6.54 Å². The van der Waals surface area contributed by atoms with Crippen LogP contribution in [0.1, 0.15) is 31.2 Å². The molecule has 0 aromatic heterocycles. The van der Waals surface area contributed by atoms with Crippen LogP contribution in [0.3, 0.4) is 0 Å². The van der Waals surface area contributed by atoms with Crippen molar-refractivity contribution in [2.75, 3.05) is 6.54 Å². The first-order valence-corrected chi connectivity index (χ1v) is 5.88. The highest BCUT2D eigenvalue weighted by molar-refractivity contribution is 5.46. The van der Waals surface area contributed by atoms with Crippen LogP contribution in [0, 0.1) is 0 Å². The molecule has 1 atom stereocenters. The van der Waals surface area contributed by atoms with E-state index in [2.05, 4.69) is 10.1 Å². The monoisotopic (exact) mass is 274 g/mol. The van der Waals surface area contributed by atoms with Gasteiger partial charge in [-0.05, 0) is 36.5 Å². The summed E-state index contributed by atoms with van der Waals surface area (Å²) in [6.45, 7) is 2.52. The average Bonchev–Trinajstić information content (AvgIpc) is 2.33. The van der Waals surface area contributed by atoms with Crippen LogP contribution >= 0.6 is 0 Å². The van der Waals surface area contributed by atoms with Gasteiger partial charge in [0.15, 0.2) is 0 Å². The van der Waals surface area contributed by atoms with Crippen LogP contribution in [0.2, 0.25) is 0 Å². The fourth-order valence-corrected chi connectivity index (χ4v) is 1.71. The number of amides is 1. The molecular weight excluding hydrogens is 259 g/mol. The molecule has 0 saturated carbocycles. The zero-order valence-corrected chi connectivity index (χ0v) is 10.5. The first-order valence-electron chi connectivity index (χ1n) is 5.88. The molecule has 1 unspecified atom stereocenters. The van der Waals surface area contributed by atoms with Crippen molar-refractivity contribution in [3.63, 3.8) is 0 Å². The Morgan fingerprint density at radius 2 is 1.95 bits per heavy atom. The molecule has 0 fully saturated rings. The number of rotatable bonds is 7. The van der Waals surface area contributed by atoms with E-state index >= 15 is 0 Å². The van der Waals surface area contributed by atoms with Gasteiger partial charge in [-0.25, -0.2) is 0 Å². The second-order valence-corrected chi connectivity index (χ2v) is 4.19. The molecule has 0 spiro atoms. The third-order valence-corrected chi connectivity index (χ3v) is 2.69. The van der Waals surface area contributed by atoms with Gasteiger partial charge in [0.05, 0.1) is 0 Å². The Labute approximate surface area is 109 Å². The summed E-state index contributed by atoms with van der Waals surface area (Å²) in [5, 5.41) is 2.44. The highest BCUT2D eigenvalue weighted by Crippen LogP contribution is 2.26. The van der Waals surface area contributed by atoms with Crippen molar-refractivity contribution >= 4 is 6.41 Å². The number of carbonyl (C=O) groups excluding carboxylic acids is 1. The van der Waals surface area contributed by atoms with Gasteiger partial charge in [-0.2, -0.15) is 0 Å². The second kappa shape index (κ2) is 7.01. The summed E-state index contributed by atoms with van der Waals surface area (Å²) in [6, 6.07) is 5.84. The largest absolute Gasteiger partial charge is 0.573 e. The van der Waals surface area contributed by atoms with E-state index in [1.807, 2.05) is 6.92 Å². The molecule has 105 valence electrons. The summed E-state index contributed by atoms with van der Waals surface area (Å²) in [5.74, 6) is -0.0194. The van der Waals surface area contributed by atoms with E-state index < -0.39 is 6.36 Å². The van der Waals surface area contributed by atoms with Crippen molar-refractivity contribution in [1.82, 2.24) is 5.32 Å². The van der Waals surface area contributed by atoms with E-state index in [-0.39, 0.29) is 11.7 Å². The van der Waals surface area contributed by atoms with Gasteiger partial charge in [0.25, 0.3) is 0 Å². The fourth-order valence-electron chi connectivity index (χ4n) is 1.71. The van der Waals surface area contributed by atoms with Gasteiger partial charge >= 0.3 is 12.8 Å². The molecule has 19 heavy (non-hydrogen) atoms. The Morgan fingerprint density at radius 3 is 2.47 bits per heavy atom. The minimum atomic E-state index is -4.66. The average molecular weight is 274 g/mol. The number of hydrogen-bond acceptors (Lipinski definition) is 2. The third-order valence-electron chi connectivity index (χ3n) is 2.69. The second-order valence-electron chi connectivity index (χ2n) is 4.19. The predicted molar refractivity (Wildman–Crippen MR) is 64.5 cm³/mol. The maximum absolute atomic E-state index is 12.0. The molecule has 6 heteroatoms. The molecule has 0 bridgehead atoms. The maximum Gasteiger partial charge on any atom is 0.573 e. The van der Waals surface area contributed by atoms with Crippen molar-refractivity contribution in [1.29, 1.82) is 0 Å². The van der Waals surface area contributed by atoms with Crippen molar-refractivity contribution in [2.24, 2.45) is 0 Å². The van der Waals surface area contributed by atoms with E-state index in [9.17, 15) is 18.0 Å². The molecule has 0 saturated heterocycles. The van der Waals surface area contributed by atoms with E-state index in [1.54, 1.807) is 18.5 Å². The zero-order chi connectivity index (χ0) is 14.3. The van der Waals surface area contributed by atoms with Crippen molar-refractivity contribution in [2.45, 2.75) is 32.0 Å². The van der Waals surface area contributed by atoms with E-state index in [0.29, 0.717) is 6.54 Å². The number of halogens is 3. The number of hydrogen-bond donors (Lipinski definition) is 1. The lowest BCUT2D eigenvalue weighted by Gasteiger charge is -2.13. The Balaban J connectivity index is 2.48. The molecule has 0 aliphatic heterocycles. The highest BCUT2D eigenvalue weighted by atomic mass is 19.4. The van der Waals surface area contributed by atoms with Gasteiger partial charge in [0.2, 0.25) is 0 Å². The van der Waals surface area contributed by atoms with Crippen LogP contribution < -0.4 is 10.1 Å². The number of alkyl halides is 3. The summed E-state index contributed by atoms with van der Waals surface area (Å²) in [7, 11) is 0. The van der Waals surface area contributed by atoms with Crippen LogP contribution in [0.4, 0.5) is 13.2 Å². The number of ether oxygens (including phenoxy) is 1. The zero-order valence-electron chi connectivity index (χ0n) is 10.5. The molecule has 1 aromatic rings. The lowest BCUT2D eigenvalue weighted by Crippen LogP contribution is -2.17. The fraction of sp³-hybridized carbons (Fsp3) is 0.462. The number of nitrogens with one attached hydrogen (secondary N) is 1. The highest BCUT2D eigenvalue weighted by Gasteiger charge is 2.30. The quantitative estimate of drug-likeness (QED) is 0.613. The Hall–Kier alpha value is -1.72. The molecule has 3 nitrogen and oxygen atoms in total. The Bertz CT molecular complexity index is 390. The summed E-state index contributed by atoms with van der Waals surface area (Å²) in [4.78, 5) is 9.93. The Kier molecular flexibility index (Phi) is 5.66. The predicted octanol–water partition coefficient (Wildman–Crippen LogP) is 3.13. The topological polar surface area (TPSA) is 38.3 Å². The van der Waals surface area contributed by atoms with Gasteiger partial charge in [0.1, 0.15) is 5.75 Å². The summed E-state index contributed by atoms with van der Waals surface area (Å²) in [6.07, 6.45) is -1.46. The van der Waals surface area contributed by atoms with Crippen LogP contribution in [-0.4, -0.2) is 19.3 Å². The van der Waals surface area contributed by atoms with Crippen molar-refractivity contribution in [3.05, 3.63) is 29.8 Å². The van der Waals surface area contributed by atoms with Gasteiger partial charge in [-0.15, -0.1) is 13.2 Å². The molecule has 0 aliphatic rings. The molecule has 0 aliphatic carbocycles. The molecule has 1 N–H and O–H groups in total. The minimum Gasteiger partial charge on any atom is -0.406 e. The molecule has 1 amide bonds. The molecular formula is C13H15F3NO2. The van der Waals surface area contributed by atoms with Crippen molar-refractivity contribution < 1.29 is 22.7 Å². The first kappa shape index (κ1) is 15.3. The lowest BCUT2D eigenvalue weighted by atomic mass is 9.96. The molecule has 1 radical (unpaired) electrons. The summed E-state index contributed by atoms with van der Waals surface area (Å²) < 4.78 is 39.7. The van der Waals surface area contributed by atoms with E-state index in [1.165, 1.54) is 12.1 Å². The van der Waals surface area contributed by atoms with Crippen molar-refractivity contribution in [3.8, 4) is 5.75 Å². The van der Waals surface area contributed by atoms with Gasteiger partial charge in [-0.1, -0.05) is 19.1 Å². The van der Waals surface area contributed by atoms with Gasteiger partial charge < -0.3 is 10.1 Å². The smallest absolute Gasteiger partial charge is 0.406 e. The molecule has 1 rings (SSSR count). The van der Waals surface area contributed by atoms with Crippen LogP contribution in [0.25, 0.3) is 0 Å². The van der Waals surface area contributed by atoms with E-state index in [0.717, 1.165) is 18.4 Å². The van der Waals surface area contributed by atoms with Gasteiger partial charge in [-0.3, -0.25) is 4.79 Å². The summed E-state index contributed by atoms with van der Waals surface area (Å²) >= 11 is 0. The van der Waals surface area contributed by atoms with E-state index in [4.69, 9.17) is 0 Å². The van der Waals surface area contributed by atoms with Crippen LogP contribution in [0.5, 0.6) is 5.75 Å². The molecule has 0 heterocycles.